The standard InChI is InChI=1S/C19H25ClN4O/c1-3-23-11-9-16(10-12-23)21-19(25)17-14(2)22-24(18(17)20)13-15-7-5-4-6-8-15/h4-8,16H,3,9-13H2,1-2H3,(H,21,25). The third-order valence-corrected chi connectivity index (χ3v) is 5.22. The van der Waals surface area contributed by atoms with Gasteiger partial charge in [-0.05, 0) is 31.9 Å². The van der Waals surface area contributed by atoms with Gasteiger partial charge in [0.25, 0.3) is 5.91 Å². The summed E-state index contributed by atoms with van der Waals surface area (Å²) < 4.78 is 1.70. The van der Waals surface area contributed by atoms with E-state index in [1.54, 1.807) is 4.68 Å². The zero-order chi connectivity index (χ0) is 17.8. The van der Waals surface area contributed by atoms with Gasteiger partial charge in [-0.1, -0.05) is 48.9 Å². The molecule has 2 heterocycles. The second-order valence-corrected chi connectivity index (χ2v) is 6.93. The maximum atomic E-state index is 12.7. The number of piperidine rings is 1. The minimum atomic E-state index is -0.114. The summed E-state index contributed by atoms with van der Waals surface area (Å²) in [6.45, 7) is 7.69. The summed E-state index contributed by atoms with van der Waals surface area (Å²) in [7, 11) is 0. The minimum absolute atomic E-state index is 0.114. The van der Waals surface area contributed by atoms with Crippen LogP contribution in [0.15, 0.2) is 30.3 Å². The molecule has 1 aromatic carbocycles. The number of halogens is 1. The molecule has 2 aromatic rings. The summed E-state index contributed by atoms with van der Waals surface area (Å²) in [4.78, 5) is 15.1. The Labute approximate surface area is 154 Å². The Kier molecular flexibility index (Phi) is 5.76. The van der Waals surface area contributed by atoms with E-state index in [9.17, 15) is 4.79 Å². The van der Waals surface area contributed by atoms with Gasteiger partial charge in [0.2, 0.25) is 0 Å². The summed E-state index contributed by atoms with van der Waals surface area (Å²) in [5.41, 5.74) is 2.27. The van der Waals surface area contributed by atoms with Crippen LogP contribution in [-0.2, 0) is 6.54 Å². The van der Waals surface area contributed by atoms with Crippen molar-refractivity contribution in [2.45, 2.75) is 39.3 Å². The number of aryl methyl sites for hydroxylation is 1. The predicted octanol–water partition coefficient (Wildman–Crippen LogP) is 3.11. The van der Waals surface area contributed by atoms with Crippen LogP contribution >= 0.6 is 11.6 Å². The van der Waals surface area contributed by atoms with E-state index in [0.717, 1.165) is 38.0 Å². The summed E-state index contributed by atoms with van der Waals surface area (Å²) >= 11 is 6.47. The van der Waals surface area contributed by atoms with E-state index < -0.39 is 0 Å². The van der Waals surface area contributed by atoms with E-state index in [0.29, 0.717) is 23.0 Å². The Morgan fingerprint density at radius 3 is 2.60 bits per heavy atom. The molecule has 1 saturated heterocycles. The molecule has 0 radical (unpaired) electrons. The Morgan fingerprint density at radius 2 is 1.96 bits per heavy atom. The molecule has 1 fully saturated rings. The predicted molar refractivity (Wildman–Crippen MR) is 100 cm³/mol. The maximum absolute atomic E-state index is 12.7. The Balaban J connectivity index is 1.68. The molecule has 134 valence electrons. The number of hydrogen-bond acceptors (Lipinski definition) is 3. The van der Waals surface area contributed by atoms with Gasteiger partial charge < -0.3 is 10.2 Å². The summed E-state index contributed by atoms with van der Waals surface area (Å²) in [6.07, 6.45) is 1.96. The molecule has 5 nitrogen and oxygen atoms in total. The lowest BCUT2D eigenvalue weighted by Crippen LogP contribution is -2.44. The van der Waals surface area contributed by atoms with Gasteiger partial charge in [-0.15, -0.1) is 0 Å². The van der Waals surface area contributed by atoms with Gasteiger partial charge in [-0.25, -0.2) is 4.68 Å². The van der Waals surface area contributed by atoms with Crippen LogP contribution in [0.3, 0.4) is 0 Å². The van der Waals surface area contributed by atoms with E-state index in [-0.39, 0.29) is 11.9 Å². The van der Waals surface area contributed by atoms with E-state index in [1.807, 2.05) is 37.3 Å². The lowest BCUT2D eigenvalue weighted by atomic mass is 10.0. The first-order chi connectivity index (χ1) is 12.1. The van der Waals surface area contributed by atoms with Gasteiger partial charge in [0.15, 0.2) is 0 Å². The van der Waals surface area contributed by atoms with Crippen LogP contribution in [0.25, 0.3) is 0 Å². The molecule has 0 spiro atoms. The molecule has 6 heteroatoms. The fraction of sp³-hybridized carbons (Fsp3) is 0.474. The summed E-state index contributed by atoms with van der Waals surface area (Å²) in [6, 6.07) is 10.2. The highest BCUT2D eigenvalue weighted by Crippen LogP contribution is 2.22. The maximum Gasteiger partial charge on any atom is 0.256 e. The molecule has 1 aromatic heterocycles. The van der Waals surface area contributed by atoms with Crippen molar-refractivity contribution < 1.29 is 4.79 Å². The van der Waals surface area contributed by atoms with Crippen LogP contribution in [0.1, 0.15) is 41.4 Å². The number of nitrogens with zero attached hydrogens (tertiary/aromatic N) is 3. The molecule has 0 saturated carbocycles. The number of amides is 1. The zero-order valence-electron chi connectivity index (χ0n) is 14.8. The smallest absolute Gasteiger partial charge is 0.256 e. The van der Waals surface area contributed by atoms with Crippen molar-refractivity contribution in [3.63, 3.8) is 0 Å². The fourth-order valence-electron chi connectivity index (χ4n) is 3.32. The molecular formula is C19H25ClN4O. The lowest BCUT2D eigenvalue weighted by molar-refractivity contribution is 0.0912. The monoisotopic (exact) mass is 360 g/mol. The number of carbonyl (C=O) groups excluding carboxylic acids is 1. The molecule has 0 aliphatic carbocycles. The second kappa shape index (κ2) is 8.02. The first-order valence-corrected chi connectivity index (χ1v) is 9.26. The molecular weight excluding hydrogens is 336 g/mol. The second-order valence-electron chi connectivity index (χ2n) is 6.58. The number of carbonyl (C=O) groups is 1. The molecule has 1 N–H and O–H groups in total. The van der Waals surface area contributed by atoms with Gasteiger partial charge in [-0.2, -0.15) is 5.10 Å². The average Bonchev–Trinajstić information content (AvgIpc) is 2.90. The molecule has 3 rings (SSSR count). The van der Waals surface area contributed by atoms with Crippen molar-refractivity contribution in [1.82, 2.24) is 20.0 Å². The van der Waals surface area contributed by atoms with Crippen molar-refractivity contribution in [3.8, 4) is 0 Å². The van der Waals surface area contributed by atoms with Crippen molar-refractivity contribution in [2.75, 3.05) is 19.6 Å². The Bertz CT molecular complexity index is 721. The summed E-state index contributed by atoms with van der Waals surface area (Å²) in [5.74, 6) is -0.114. The van der Waals surface area contributed by atoms with E-state index in [2.05, 4.69) is 22.2 Å². The zero-order valence-corrected chi connectivity index (χ0v) is 15.6. The fourth-order valence-corrected chi connectivity index (χ4v) is 3.64. The van der Waals surface area contributed by atoms with Crippen molar-refractivity contribution >= 4 is 17.5 Å². The van der Waals surface area contributed by atoms with Crippen LogP contribution in [0.4, 0.5) is 0 Å². The largest absolute Gasteiger partial charge is 0.349 e. The number of nitrogens with one attached hydrogen (secondary N) is 1. The van der Waals surface area contributed by atoms with E-state index in [1.165, 1.54) is 0 Å². The number of hydrogen-bond donors (Lipinski definition) is 1. The highest BCUT2D eigenvalue weighted by Gasteiger charge is 2.25. The molecule has 1 aliphatic heterocycles. The molecule has 1 amide bonds. The van der Waals surface area contributed by atoms with Crippen LogP contribution in [0.5, 0.6) is 0 Å². The normalized spacial score (nSPS) is 16.1. The lowest BCUT2D eigenvalue weighted by Gasteiger charge is -2.31. The first kappa shape index (κ1) is 18.0. The van der Waals surface area contributed by atoms with Crippen LogP contribution in [0.2, 0.25) is 5.15 Å². The van der Waals surface area contributed by atoms with Crippen LogP contribution < -0.4 is 5.32 Å². The van der Waals surface area contributed by atoms with Gasteiger partial charge >= 0.3 is 0 Å². The molecule has 0 bridgehead atoms. The SMILES string of the molecule is CCN1CCC(NC(=O)c2c(C)nn(Cc3ccccc3)c2Cl)CC1. The van der Waals surface area contributed by atoms with Gasteiger partial charge in [0, 0.05) is 19.1 Å². The Hall–Kier alpha value is -1.85. The highest BCUT2D eigenvalue weighted by molar-refractivity contribution is 6.33. The van der Waals surface area contributed by atoms with Crippen LogP contribution in [-0.4, -0.2) is 46.3 Å². The quantitative estimate of drug-likeness (QED) is 0.891. The van der Waals surface area contributed by atoms with E-state index in [4.69, 9.17) is 11.6 Å². The van der Waals surface area contributed by atoms with Crippen molar-refractivity contribution in [3.05, 3.63) is 52.3 Å². The third-order valence-electron chi connectivity index (χ3n) is 4.84. The molecule has 1 aliphatic rings. The molecule has 0 unspecified atom stereocenters. The average molecular weight is 361 g/mol. The van der Waals surface area contributed by atoms with Crippen LogP contribution in [0, 0.1) is 6.92 Å². The van der Waals surface area contributed by atoms with Crippen molar-refractivity contribution in [1.29, 1.82) is 0 Å². The highest BCUT2D eigenvalue weighted by atomic mass is 35.5. The molecule has 25 heavy (non-hydrogen) atoms. The van der Waals surface area contributed by atoms with E-state index >= 15 is 0 Å². The summed E-state index contributed by atoms with van der Waals surface area (Å²) in [5, 5.41) is 8.00. The number of benzene rings is 1. The Morgan fingerprint density at radius 1 is 1.28 bits per heavy atom. The number of aromatic nitrogens is 2. The minimum Gasteiger partial charge on any atom is -0.349 e. The third kappa shape index (κ3) is 4.22. The van der Waals surface area contributed by atoms with Gasteiger partial charge in [0.1, 0.15) is 5.15 Å². The van der Waals surface area contributed by atoms with Gasteiger partial charge in [0.05, 0.1) is 17.8 Å². The topological polar surface area (TPSA) is 50.2 Å². The number of rotatable bonds is 5. The first-order valence-electron chi connectivity index (χ1n) is 8.88. The number of likely N-dealkylation sites (tertiary alicyclic amines) is 1. The van der Waals surface area contributed by atoms with Crippen molar-refractivity contribution in [2.24, 2.45) is 0 Å². The molecule has 0 atom stereocenters. The van der Waals surface area contributed by atoms with Gasteiger partial charge in [-0.3, -0.25) is 4.79 Å².